The van der Waals surface area contributed by atoms with Crippen molar-refractivity contribution in [1.29, 1.82) is 0 Å². The van der Waals surface area contributed by atoms with Crippen LogP contribution in [0.2, 0.25) is 0 Å². The van der Waals surface area contributed by atoms with E-state index in [0.29, 0.717) is 12.2 Å². The number of nitrogens with one attached hydrogen (secondary N) is 1. The monoisotopic (exact) mass is 307 g/mol. The average Bonchev–Trinajstić information content (AvgIpc) is 2.54. The molecule has 7 heteroatoms. The van der Waals surface area contributed by atoms with Crippen molar-refractivity contribution in [2.75, 3.05) is 26.7 Å². The van der Waals surface area contributed by atoms with Crippen molar-refractivity contribution in [2.24, 2.45) is 0 Å². The van der Waals surface area contributed by atoms with E-state index >= 15 is 0 Å². The van der Waals surface area contributed by atoms with Crippen LogP contribution < -0.4 is 10.1 Å². The van der Waals surface area contributed by atoms with Gasteiger partial charge in [-0.3, -0.25) is 14.9 Å². The molecule has 1 aromatic carbocycles. The standard InChI is InChI=1S/C15H21N3O4/c1-3-22-14-5-4-11(10-13(14)18(20)21)15(19)17(2)12-6-8-16-9-7-12/h4-5,10,12,16H,3,6-9H2,1-2H3. The minimum absolute atomic E-state index is 0.166. The number of nitro groups is 1. The lowest BCUT2D eigenvalue weighted by molar-refractivity contribution is -0.385. The molecule has 120 valence electrons. The molecule has 1 saturated heterocycles. The van der Waals surface area contributed by atoms with Gasteiger partial charge in [-0.1, -0.05) is 0 Å². The molecule has 0 aliphatic carbocycles. The Morgan fingerprint density at radius 1 is 1.45 bits per heavy atom. The highest BCUT2D eigenvalue weighted by Gasteiger charge is 2.25. The molecule has 1 amide bonds. The predicted octanol–water partition coefficient (Wildman–Crippen LogP) is 1.82. The molecular formula is C15H21N3O4. The van der Waals surface area contributed by atoms with E-state index in [2.05, 4.69) is 5.32 Å². The second kappa shape index (κ2) is 7.22. The number of nitro benzene ring substituents is 1. The summed E-state index contributed by atoms with van der Waals surface area (Å²) in [7, 11) is 1.75. The summed E-state index contributed by atoms with van der Waals surface area (Å²) >= 11 is 0. The molecule has 0 radical (unpaired) electrons. The Morgan fingerprint density at radius 2 is 2.14 bits per heavy atom. The first-order valence-electron chi connectivity index (χ1n) is 7.43. The molecule has 0 spiro atoms. The van der Waals surface area contributed by atoms with Crippen LogP contribution in [-0.4, -0.2) is 48.5 Å². The Balaban J connectivity index is 2.21. The maximum absolute atomic E-state index is 12.5. The van der Waals surface area contributed by atoms with Crippen molar-refractivity contribution in [3.05, 3.63) is 33.9 Å². The molecule has 1 heterocycles. The highest BCUT2D eigenvalue weighted by molar-refractivity contribution is 5.95. The van der Waals surface area contributed by atoms with E-state index < -0.39 is 4.92 Å². The molecule has 0 bridgehead atoms. The van der Waals surface area contributed by atoms with Crippen LogP contribution in [0.1, 0.15) is 30.1 Å². The molecule has 1 fully saturated rings. The Bertz CT molecular complexity index is 556. The Morgan fingerprint density at radius 3 is 2.73 bits per heavy atom. The lowest BCUT2D eigenvalue weighted by atomic mass is 10.0. The predicted molar refractivity (Wildman–Crippen MR) is 82.3 cm³/mol. The number of benzene rings is 1. The minimum atomic E-state index is -0.522. The van der Waals surface area contributed by atoms with Gasteiger partial charge in [-0.2, -0.15) is 0 Å². The van der Waals surface area contributed by atoms with Gasteiger partial charge in [0.05, 0.1) is 11.5 Å². The van der Waals surface area contributed by atoms with Crippen molar-refractivity contribution in [2.45, 2.75) is 25.8 Å². The number of ether oxygens (including phenoxy) is 1. The second-order valence-corrected chi connectivity index (χ2v) is 5.27. The Labute approximate surface area is 129 Å². The zero-order valence-corrected chi connectivity index (χ0v) is 12.9. The van der Waals surface area contributed by atoms with Gasteiger partial charge in [0, 0.05) is 24.7 Å². The van der Waals surface area contributed by atoms with Gasteiger partial charge >= 0.3 is 5.69 Å². The molecule has 7 nitrogen and oxygen atoms in total. The molecule has 1 aromatic rings. The quantitative estimate of drug-likeness (QED) is 0.662. The van der Waals surface area contributed by atoms with Crippen molar-refractivity contribution in [3.63, 3.8) is 0 Å². The first kappa shape index (κ1) is 16.2. The molecule has 0 unspecified atom stereocenters. The first-order chi connectivity index (χ1) is 10.5. The van der Waals surface area contributed by atoms with E-state index in [0.717, 1.165) is 25.9 Å². The summed E-state index contributed by atoms with van der Waals surface area (Å²) < 4.78 is 5.24. The van der Waals surface area contributed by atoms with E-state index in [9.17, 15) is 14.9 Å². The van der Waals surface area contributed by atoms with Gasteiger partial charge in [0.25, 0.3) is 5.91 Å². The molecule has 0 aromatic heterocycles. The fraction of sp³-hybridized carbons (Fsp3) is 0.533. The van der Waals surface area contributed by atoms with Gasteiger partial charge in [-0.15, -0.1) is 0 Å². The minimum Gasteiger partial charge on any atom is -0.487 e. The van der Waals surface area contributed by atoms with E-state index in [1.54, 1.807) is 24.9 Å². The van der Waals surface area contributed by atoms with Crippen LogP contribution in [0, 0.1) is 10.1 Å². The molecule has 1 N–H and O–H groups in total. The van der Waals surface area contributed by atoms with Crippen LogP contribution in [-0.2, 0) is 0 Å². The van der Waals surface area contributed by atoms with Crippen LogP contribution in [0.4, 0.5) is 5.69 Å². The molecule has 2 rings (SSSR count). The topological polar surface area (TPSA) is 84.7 Å². The summed E-state index contributed by atoms with van der Waals surface area (Å²) in [6, 6.07) is 4.54. The van der Waals surface area contributed by atoms with Gasteiger partial charge in [0.1, 0.15) is 0 Å². The summed E-state index contributed by atoms with van der Waals surface area (Å²) in [5.74, 6) is -0.00776. The molecule has 0 saturated carbocycles. The molecule has 1 aliphatic heterocycles. The molecule has 22 heavy (non-hydrogen) atoms. The lowest BCUT2D eigenvalue weighted by Crippen LogP contribution is -2.43. The number of carbonyl (C=O) groups excluding carboxylic acids is 1. The van der Waals surface area contributed by atoms with Crippen LogP contribution >= 0.6 is 0 Å². The number of rotatable bonds is 5. The number of piperidine rings is 1. The summed E-state index contributed by atoms with van der Waals surface area (Å²) in [5.41, 5.74) is 0.141. The van der Waals surface area contributed by atoms with E-state index in [-0.39, 0.29) is 23.4 Å². The van der Waals surface area contributed by atoms with Crippen LogP contribution in [0.15, 0.2) is 18.2 Å². The van der Waals surface area contributed by atoms with Gasteiger partial charge in [-0.25, -0.2) is 0 Å². The highest BCUT2D eigenvalue weighted by atomic mass is 16.6. The van der Waals surface area contributed by atoms with Crippen molar-refractivity contribution < 1.29 is 14.5 Å². The Hall–Kier alpha value is -2.15. The number of amides is 1. The molecule has 1 aliphatic rings. The zero-order valence-electron chi connectivity index (χ0n) is 12.9. The van der Waals surface area contributed by atoms with Gasteiger partial charge < -0.3 is 15.0 Å². The summed E-state index contributed by atoms with van der Waals surface area (Å²) in [6.07, 6.45) is 1.78. The first-order valence-corrected chi connectivity index (χ1v) is 7.43. The van der Waals surface area contributed by atoms with Gasteiger partial charge in [0.15, 0.2) is 5.75 Å². The smallest absolute Gasteiger partial charge is 0.311 e. The number of hydrogen-bond acceptors (Lipinski definition) is 5. The number of nitrogens with zero attached hydrogens (tertiary/aromatic N) is 2. The van der Waals surface area contributed by atoms with E-state index in [1.807, 2.05) is 0 Å². The van der Waals surface area contributed by atoms with E-state index in [4.69, 9.17) is 4.74 Å². The van der Waals surface area contributed by atoms with Crippen LogP contribution in [0.3, 0.4) is 0 Å². The van der Waals surface area contributed by atoms with Crippen molar-refractivity contribution in [3.8, 4) is 5.75 Å². The SMILES string of the molecule is CCOc1ccc(C(=O)N(C)C2CCNCC2)cc1[N+](=O)[O-]. The summed E-state index contributed by atoms with van der Waals surface area (Å²) in [6.45, 7) is 3.86. The normalized spacial score (nSPS) is 15.4. The van der Waals surface area contributed by atoms with Crippen molar-refractivity contribution >= 4 is 11.6 Å². The second-order valence-electron chi connectivity index (χ2n) is 5.27. The van der Waals surface area contributed by atoms with Crippen molar-refractivity contribution in [1.82, 2.24) is 10.2 Å². The maximum Gasteiger partial charge on any atom is 0.311 e. The molecular weight excluding hydrogens is 286 g/mol. The fourth-order valence-corrected chi connectivity index (χ4v) is 2.63. The maximum atomic E-state index is 12.5. The third-order valence-electron chi connectivity index (χ3n) is 3.88. The zero-order chi connectivity index (χ0) is 16.1. The van der Waals surface area contributed by atoms with Gasteiger partial charge in [-0.05, 0) is 45.0 Å². The third kappa shape index (κ3) is 3.54. The number of hydrogen-bond donors (Lipinski definition) is 1. The van der Waals surface area contributed by atoms with Crippen LogP contribution in [0.25, 0.3) is 0 Å². The number of carbonyl (C=O) groups is 1. The largest absolute Gasteiger partial charge is 0.487 e. The summed E-state index contributed by atoms with van der Waals surface area (Å²) in [5, 5.41) is 14.4. The van der Waals surface area contributed by atoms with Crippen LogP contribution in [0.5, 0.6) is 5.75 Å². The highest BCUT2D eigenvalue weighted by Crippen LogP contribution is 2.28. The lowest BCUT2D eigenvalue weighted by Gasteiger charge is -2.31. The summed E-state index contributed by atoms with van der Waals surface area (Å²) in [4.78, 5) is 24.8. The average molecular weight is 307 g/mol. The van der Waals surface area contributed by atoms with Gasteiger partial charge in [0.2, 0.25) is 0 Å². The molecule has 0 atom stereocenters. The fourth-order valence-electron chi connectivity index (χ4n) is 2.63. The third-order valence-corrected chi connectivity index (χ3v) is 3.88. The Kier molecular flexibility index (Phi) is 5.32. The van der Waals surface area contributed by atoms with E-state index in [1.165, 1.54) is 12.1 Å².